The first-order chi connectivity index (χ1) is 6.90. The molecule has 0 spiro atoms. The van der Waals surface area contributed by atoms with Gasteiger partial charge in [-0.15, -0.1) is 0 Å². The summed E-state index contributed by atoms with van der Waals surface area (Å²) in [7, 11) is 0. The second-order valence-corrected chi connectivity index (χ2v) is 4.29. The summed E-state index contributed by atoms with van der Waals surface area (Å²) in [5.41, 5.74) is -0.361. The van der Waals surface area contributed by atoms with Gasteiger partial charge in [0.25, 0.3) is 0 Å². The van der Waals surface area contributed by atoms with Crippen molar-refractivity contribution < 1.29 is 19.6 Å². The zero-order valence-electron chi connectivity index (χ0n) is 9.56. The highest BCUT2D eigenvalue weighted by Crippen LogP contribution is 2.14. The Morgan fingerprint density at radius 2 is 1.67 bits per heavy atom. The van der Waals surface area contributed by atoms with E-state index in [1.807, 2.05) is 20.8 Å². The summed E-state index contributed by atoms with van der Waals surface area (Å²) >= 11 is 0. The zero-order chi connectivity index (χ0) is 11.9. The van der Waals surface area contributed by atoms with Crippen LogP contribution in [-0.4, -0.2) is 47.4 Å². The molecule has 1 radical (unpaired) electrons. The lowest BCUT2D eigenvalue weighted by atomic mass is 10.2. The van der Waals surface area contributed by atoms with Gasteiger partial charge < -0.3 is 19.7 Å². The Labute approximate surface area is 91.3 Å². The molecule has 1 rings (SSSR count). The van der Waals surface area contributed by atoms with Gasteiger partial charge in [-0.3, -0.25) is 0 Å². The summed E-state index contributed by atoms with van der Waals surface area (Å²) in [5.74, 6) is 0. The highest BCUT2D eigenvalue weighted by molar-refractivity contribution is 6.13. The number of ether oxygens (including phenoxy) is 1. The van der Waals surface area contributed by atoms with Crippen LogP contribution in [0.2, 0.25) is 0 Å². The van der Waals surface area contributed by atoms with Crippen LogP contribution in [0.5, 0.6) is 0 Å². The average Bonchev–Trinajstić information content (AvgIpc) is 2.53. The van der Waals surface area contributed by atoms with Crippen molar-refractivity contribution in [1.82, 2.24) is 4.90 Å². The van der Waals surface area contributed by atoms with E-state index in [0.29, 0.717) is 0 Å². The molecule has 5 nitrogen and oxygen atoms in total. The van der Waals surface area contributed by atoms with Gasteiger partial charge in [0.15, 0.2) is 0 Å². The van der Waals surface area contributed by atoms with Crippen LogP contribution in [0.4, 0.5) is 4.79 Å². The van der Waals surface area contributed by atoms with Crippen LogP contribution in [0.3, 0.4) is 0 Å². The molecule has 1 fully saturated rings. The molecule has 0 aromatic carbocycles. The number of nitrogens with zero attached hydrogens (tertiary/aromatic N) is 1. The van der Waals surface area contributed by atoms with E-state index in [4.69, 9.17) is 14.8 Å². The van der Waals surface area contributed by atoms with E-state index in [2.05, 4.69) is 0 Å². The van der Waals surface area contributed by atoms with Crippen LogP contribution >= 0.6 is 0 Å². The number of rotatable bonds is 0. The van der Waals surface area contributed by atoms with Crippen LogP contribution in [0, 0.1) is 0 Å². The molecule has 15 heavy (non-hydrogen) atoms. The SMILES string of the molecule is CC(C)(C)OC(=O)N1CCCC1.O[B]O. The third-order valence-electron chi connectivity index (χ3n) is 1.76. The summed E-state index contributed by atoms with van der Waals surface area (Å²) in [6.07, 6.45) is 2.05. The van der Waals surface area contributed by atoms with E-state index in [1.165, 1.54) is 0 Å². The average molecular weight is 216 g/mol. The maximum atomic E-state index is 11.4. The number of carbonyl (C=O) groups excluding carboxylic acids is 1. The fraction of sp³-hybridized carbons (Fsp3) is 0.889. The Morgan fingerprint density at radius 1 is 1.27 bits per heavy atom. The first kappa shape index (κ1) is 14.3. The van der Waals surface area contributed by atoms with Gasteiger partial charge in [0.05, 0.1) is 0 Å². The number of amides is 1. The molecular weight excluding hydrogens is 197 g/mol. The van der Waals surface area contributed by atoms with Crippen molar-refractivity contribution in [2.24, 2.45) is 0 Å². The highest BCUT2D eigenvalue weighted by atomic mass is 16.6. The van der Waals surface area contributed by atoms with E-state index in [9.17, 15) is 4.79 Å². The molecule has 1 saturated heterocycles. The quantitative estimate of drug-likeness (QED) is 0.579. The summed E-state index contributed by atoms with van der Waals surface area (Å²) in [4.78, 5) is 13.1. The monoisotopic (exact) mass is 216 g/mol. The Hall–Kier alpha value is -0.745. The molecule has 0 unspecified atom stereocenters. The fourth-order valence-electron chi connectivity index (χ4n) is 1.23. The van der Waals surface area contributed by atoms with Crippen molar-refractivity contribution in [3.8, 4) is 0 Å². The van der Waals surface area contributed by atoms with Crippen molar-refractivity contribution in [3.05, 3.63) is 0 Å². The van der Waals surface area contributed by atoms with Gasteiger partial charge in [-0.2, -0.15) is 0 Å². The Balaban J connectivity index is 0.000000583. The van der Waals surface area contributed by atoms with Gasteiger partial charge in [-0.1, -0.05) is 0 Å². The summed E-state index contributed by atoms with van der Waals surface area (Å²) in [6, 6.07) is 0. The highest BCUT2D eigenvalue weighted by Gasteiger charge is 2.23. The van der Waals surface area contributed by atoms with Crippen LogP contribution in [-0.2, 0) is 4.74 Å². The largest absolute Gasteiger partial charge is 0.482 e. The van der Waals surface area contributed by atoms with Crippen molar-refractivity contribution in [1.29, 1.82) is 0 Å². The second kappa shape index (κ2) is 6.69. The fourth-order valence-corrected chi connectivity index (χ4v) is 1.23. The Bertz CT molecular complexity index is 187. The van der Waals surface area contributed by atoms with Crippen LogP contribution < -0.4 is 0 Å². The van der Waals surface area contributed by atoms with Gasteiger partial charge in [0, 0.05) is 13.1 Å². The molecule has 1 heterocycles. The normalized spacial score (nSPS) is 15.4. The molecule has 0 atom stereocenters. The number of hydrogen-bond acceptors (Lipinski definition) is 4. The van der Waals surface area contributed by atoms with Crippen molar-refractivity contribution in [2.75, 3.05) is 13.1 Å². The lowest BCUT2D eigenvalue weighted by molar-refractivity contribution is 0.0295. The van der Waals surface area contributed by atoms with Crippen LogP contribution in [0.15, 0.2) is 0 Å². The lowest BCUT2D eigenvalue weighted by Gasteiger charge is -2.23. The van der Waals surface area contributed by atoms with Crippen molar-refractivity contribution in [3.63, 3.8) is 0 Å². The molecule has 0 saturated carbocycles. The first-order valence-electron chi connectivity index (χ1n) is 4.98. The lowest BCUT2D eigenvalue weighted by Crippen LogP contribution is -2.34. The van der Waals surface area contributed by atoms with Gasteiger partial charge in [-0.05, 0) is 33.6 Å². The molecule has 1 amide bonds. The number of carbonyl (C=O) groups is 1. The summed E-state index contributed by atoms with van der Waals surface area (Å²) < 4.78 is 5.21. The van der Waals surface area contributed by atoms with E-state index in [1.54, 1.807) is 4.90 Å². The number of hydrogen-bond donors (Lipinski definition) is 2. The molecule has 0 aliphatic carbocycles. The van der Waals surface area contributed by atoms with Crippen LogP contribution in [0.25, 0.3) is 0 Å². The minimum Gasteiger partial charge on any atom is -0.444 e. The van der Waals surface area contributed by atoms with E-state index in [0.717, 1.165) is 25.9 Å². The molecule has 1 aliphatic rings. The molecule has 6 heteroatoms. The predicted molar refractivity (Wildman–Crippen MR) is 57.2 cm³/mol. The zero-order valence-corrected chi connectivity index (χ0v) is 9.56. The molecule has 87 valence electrons. The Morgan fingerprint density at radius 3 is 2.00 bits per heavy atom. The Kier molecular flexibility index (Phi) is 6.35. The second-order valence-electron chi connectivity index (χ2n) is 4.29. The third-order valence-corrected chi connectivity index (χ3v) is 1.76. The molecule has 0 aromatic heterocycles. The minimum atomic E-state index is -0.361. The van der Waals surface area contributed by atoms with E-state index in [-0.39, 0.29) is 19.4 Å². The molecule has 2 N–H and O–H groups in total. The summed E-state index contributed by atoms with van der Waals surface area (Å²) in [6.45, 7) is 7.38. The maximum Gasteiger partial charge on any atom is 0.482 e. The van der Waals surface area contributed by atoms with Gasteiger partial charge >= 0.3 is 13.8 Å². The standard InChI is InChI=1S/C9H17NO2.BH2O2/c1-9(2,3)12-8(11)10-6-4-5-7-10;2-1-3/h4-7H2,1-3H3;2-3H. The van der Waals surface area contributed by atoms with Crippen LogP contribution in [0.1, 0.15) is 33.6 Å². The van der Waals surface area contributed by atoms with Gasteiger partial charge in [0.1, 0.15) is 5.60 Å². The van der Waals surface area contributed by atoms with E-state index < -0.39 is 0 Å². The predicted octanol–water partition coefficient (Wildman–Crippen LogP) is 0.522. The van der Waals surface area contributed by atoms with Gasteiger partial charge in [-0.25, -0.2) is 4.79 Å². The smallest absolute Gasteiger partial charge is 0.444 e. The first-order valence-corrected chi connectivity index (χ1v) is 4.98. The molecule has 1 aliphatic heterocycles. The minimum absolute atomic E-state index is 0. The van der Waals surface area contributed by atoms with Crippen molar-refractivity contribution in [2.45, 2.75) is 39.2 Å². The van der Waals surface area contributed by atoms with E-state index >= 15 is 0 Å². The number of likely N-dealkylation sites (tertiary alicyclic amines) is 1. The molecular formula is C9H19BNO4. The van der Waals surface area contributed by atoms with Crippen molar-refractivity contribution >= 4 is 13.8 Å². The topological polar surface area (TPSA) is 70.0 Å². The molecule has 0 bridgehead atoms. The van der Waals surface area contributed by atoms with Gasteiger partial charge in [0.2, 0.25) is 0 Å². The third kappa shape index (κ3) is 7.22. The molecule has 0 aromatic rings. The summed E-state index contributed by atoms with van der Waals surface area (Å²) in [5, 5.41) is 14.0. The maximum absolute atomic E-state index is 11.4.